The van der Waals surface area contributed by atoms with Gasteiger partial charge in [0.15, 0.2) is 0 Å². The molecule has 0 aliphatic carbocycles. The van der Waals surface area contributed by atoms with Crippen molar-refractivity contribution >= 4 is 21.6 Å². The highest BCUT2D eigenvalue weighted by molar-refractivity contribution is 7.89. The molecule has 0 saturated carbocycles. The molecule has 1 unspecified atom stereocenters. The Labute approximate surface area is 132 Å². The van der Waals surface area contributed by atoms with Crippen LogP contribution in [0.5, 0.6) is 5.75 Å². The number of hydrogen-bond acceptors (Lipinski definition) is 3. The molecule has 2 aromatic rings. The quantitative estimate of drug-likeness (QED) is 0.932. The van der Waals surface area contributed by atoms with Gasteiger partial charge in [0.1, 0.15) is 11.6 Å². The molecular weight excluding hydrogens is 329 g/mol. The van der Waals surface area contributed by atoms with Crippen LogP contribution in [0.15, 0.2) is 47.4 Å². The summed E-state index contributed by atoms with van der Waals surface area (Å²) in [6.07, 6.45) is 0.427. The van der Waals surface area contributed by atoms with Crippen molar-refractivity contribution in [3.63, 3.8) is 0 Å². The zero-order chi connectivity index (χ0) is 15.7. The Hall–Kier alpha value is -1.63. The molecule has 1 N–H and O–H groups in total. The molecule has 1 heterocycles. The van der Waals surface area contributed by atoms with Crippen LogP contribution in [-0.4, -0.2) is 15.0 Å². The molecule has 0 fully saturated rings. The van der Waals surface area contributed by atoms with Crippen molar-refractivity contribution in [2.75, 3.05) is 6.61 Å². The minimum absolute atomic E-state index is 0.0736. The number of rotatable bonds is 3. The number of sulfonamides is 1. The summed E-state index contributed by atoms with van der Waals surface area (Å²) >= 11 is 5.83. The van der Waals surface area contributed by atoms with Crippen LogP contribution in [0, 0.1) is 5.82 Å². The molecule has 0 amide bonds. The van der Waals surface area contributed by atoms with Crippen molar-refractivity contribution < 1.29 is 17.5 Å². The number of ether oxygens (including phenoxy) is 1. The lowest BCUT2D eigenvalue weighted by molar-refractivity contribution is 0.262. The van der Waals surface area contributed by atoms with Crippen LogP contribution < -0.4 is 9.46 Å². The average molecular weight is 342 g/mol. The van der Waals surface area contributed by atoms with Crippen LogP contribution in [0.25, 0.3) is 0 Å². The first-order valence-corrected chi connectivity index (χ1v) is 8.52. The minimum Gasteiger partial charge on any atom is -0.493 e. The second-order valence-corrected chi connectivity index (χ2v) is 7.10. The third-order valence-electron chi connectivity index (χ3n) is 3.42. The Morgan fingerprint density at radius 1 is 1.23 bits per heavy atom. The fourth-order valence-electron chi connectivity index (χ4n) is 2.38. The van der Waals surface area contributed by atoms with Gasteiger partial charge in [0.2, 0.25) is 10.0 Å². The predicted octanol–water partition coefficient (Wildman–Crippen LogP) is 3.28. The first kappa shape index (κ1) is 15.3. The van der Waals surface area contributed by atoms with Gasteiger partial charge >= 0.3 is 0 Å². The Kier molecular flexibility index (Phi) is 4.08. The number of nitrogens with one attached hydrogen (secondary N) is 1. The Bertz CT molecular complexity index is 810. The van der Waals surface area contributed by atoms with Gasteiger partial charge in [0, 0.05) is 17.0 Å². The van der Waals surface area contributed by atoms with E-state index in [0.717, 1.165) is 0 Å². The summed E-state index contributed by atoms with van der Waals surface area (Å²) in [7, 11) is -3.75. The third-order valence-corrected chi connectivity index (χ3v) is 5.12. The summed E-state index contributed by atoms with van der Waals surface area (Å²) in [4.78, 5) is 0.0736. The molecule has 4 nitrogen and oxygen atoms in total. The first-order valence-electron chi connectivity index (χ1n) is 6.66. The van der Waals surface area contributed by atoms with E-state index in [2.05, 4.69) is 4.72 Å². The van der Waals surface area contributed by atoms with E-state index in [9.17, 15) is 12.8 Å². The Morgan fingerprint density at radius 3 is 2.82 bits per heavy atom. The summed E-state index contributed by atoms with van der Waals surface area (Å²) in [5.41, 5.74) is 0.497. The second-order valence-electron chi connectivity index (χ2n) is 4.95. The van der Waals surface area contributed by atoms with E-state index >= 15 is 0 Å². The molecule has 1 aliphatic rings. The number of halogens is 2. The van der Waals surface area contributed by atoms with Crippen LogP contribution in [0.4, 0.5) is 4.39 Å². The molecule has 3 rings (SSSR count). The topological polar surface area (TPSA) is 55.4 Å². The standard InChI is InChI=1S/C15H13ClFNO3S/c16-10-2-1-3-12(8-10)22(19,20)18-14-6-7-21-15-5-4-11(17)9-13(14)15/h1-5,8-9,14,18H,6-7H2. The molecular formula is C15H13ClFNO3S. The molecule has 0 saturated heterocycles. The first-order chi connectivity index (χ1) is 10.5. The Morgan fingerprint density at radius 2 is 2.05 bits per heavy atom. The van der Waals surface area contributed by atoms with Crippen molar-refractivity contribution in [1.29, 1.82) is 0 Å². The maximum Gasteiger partial charge on any atom is 0.241 e. The lowest BCUT2D eigenvalue weighted by Gasteiger charge is -2.26. The van der Waals surface area contributed by atoms with Gasteiger partial charge in [0.05, 0.1) is 17.5 Å². The summed E-state index contributed by atoms with van der Waals surface area (Å²) < 4.78 is 46.3. The molecule has 0 spiro atoms. The van der Waals surface area contributed by atoms with Crippen LogP contribution in [0.2, 0.25) is 5.02 Å². The van der Waals surface area contributed by atoms with E-state index < -0.39 is 21.9 Å². The van der Waals surface area contributed by atoms with Crippen LogP contribution in [0.1, 0.15) is 18.0 Å². The van der Waals surface area contributed by atoms with Crippen LogP contribution >= 0.6 is 11.6 Å². The minimum atomic E-state index is -3.75. The van der Waals surface area contributed by atoms with Gasteiger partial charge in [-0.05, 0) is 36.4 Å². The molecule has 116 valence electrons. The van der Waals surface area contributed by atoms with Gasteiger partial charge < -0.3 is 4.74 Å². The number of fused-ring (bicyclic) bond motifs is 1. The molecule has 0 bridgehead atoms. The van der Waals surface area contributed by atoms with Crippen molar-refractivity contribution in [2.45, 2.75) is 17.4 Å². The molecule has 1 atom stereocenters. The Balaban J connectivity index is 1.93. The van der Waals surface area contributed by atoms with E-state index in [4.69, 9.17) is 16.3 Å². The highest BCUT2D eigenvalue weighted by Gasteiger charge is 2.27. The molecule has 0 radical (unpaired) electrons. The maximum absolute atomic E-state index is 13.4. The molecule has 2 aromatic carbocycles. The monoisotopic (exact) mass is 341 g/mol. The lowest BCUT2D eigenvalue weighted by atomic mass is 10.0. The van der Waals surface area contributed by atoms with E-state index in [-0.39, 0.29) is 4.90 Å². The summed E-state index contributed by atoms with van der Waals surface area (Å²) in [5, 5.41) is 0.335. The average Bonchev–Trinajstić information content (AvgIpc) is 2.48. The van der Waals surface area contributed by atoms with Crippen LogP contribution in [0.3, 0.4) is 0 Å². The number of hydrogen-bond donors (Lipinski definition) is 1. The normalized spacial score (nSPS) is 17.6. The van der Waals surface area contributed by atoms with E-state index in [0.29, 0.717) is 29.4 Å². The third kappa shape index (κ3) is 3.09. The van der Waals surface area contributed by atoms with Gasteiger partial charge in [-0.15, -0.1) is 0 Å². The fraction of sp³-hybridized carbons (Fsp3) is 0.200. The summed E-state index contributed by atoms with van der Waals surface area (Å²) in [5.74, 6) is 0.0580. The summed E-state index contributed by atoms with van der Waals surface area (Å²) in [6.45, 7) is 0.362. The SMILES string of the molecule is O=S(=O)(NC1CCOc2ccc(F)cc21)c1cccc(Cl)c1. The van der Waals surface area contributed by atoms with Crippen LogP contribution in [-0.2, 0) is 10.0 Å². The predicted molar refractivity (Wildman–Crippen MR) is 81.0 cm³/mol. The molecule has 7 heteroatoms. The van der Waals surface area contributed by atoms with E-state index in [1.807, 2.05) is 0 Å². The summed E-state index contributed by atoms with van der Waals surface area (Å²) in [6, 6.07) is 9.53. The van der Waals surface area contributed by atoms with Crippen molar-refractivity contribution in [1.82, 2.24) is 4.72 Å². The van der Waals surface area contributed by atoms with Gasteiger partial charge in [-0.2, -0.15) is 0 Å². The zero-order valence-electron chi connectivity index (χ0n) is 11.4. The maximum atomic E-state index is 13.4. The van der Waals surface area contributed by atoms with Gasteiger partial charge in [0.25, 0.3) is 0 Å². The highest BCUT2D eigenvalue weighted by atomic mass is 35.5. The zero-order valence-corrected chi connectivity index (χ0v) is 13.0. The van der Waals surface area contributed by atoms with Crippen molar-refractivity contribution in [3.05, 3.63) is 58.9 Å². The smallest absolute Gasteiger partial charge is 0.241 e. The van der Waals surface area contributed by atoms with E-state index in [1.54, 1.807) is 12.1 Å². The molecule has 1 aliphatic heterocycles. The van der Waals surface area contributed by atoms with Crippen molar-refractivity contribution in [3.8, 4) is 5.75 Å². The molecule has 22 heavy (non-hydrogen) atoms. The second kappa shape index (κ2) is 5.87. The molecule has 0 aromatic heterocycles. The fourth-order valence-corrected chi connectivity index (χ4v) is 3.93. The van der Waals surface area contributed by atoms with Gasteiger partial charge in [-0.25, -0.2) is 17.5 Å². The highest BCUT2D eigenvalue weighted by Crippen LogP contribution is 2.33. The largest absolute Gasteiger partial charge is 0.493 e. The van der Waals surface area contributed by atoms with Gasteiger partial charge in [-0.1, -0.05) is 17.7 Å². The number of benzene rings is 2. The van der Waals surface area contributed by atoms with Crippen molar-refractivity contribution in [2.24, 2.45) is 0 Å². The van der Waals surface area contributed by atoms with Gasteiger partial charge in [-0.3, -0.25) is 0 Å². The van der Waals surface area contributed by atoms with E-state index in [1.165, 1.54) is 30.3 Å². The lowest BCUT2D eigenvalue weighted by Crippen LogP contribution is -2.32.